The third kappa shape index (κ3) is 4.81. The standard InChI is InChI=1S/C26H28N6O4/c1-35-21-9-8-18(16-22(21)36-2)25(34)31-14-11-26(10-13-27,12-15-31)32-17-20(23(28)33)24(30-32)29-19-6-4-3-5-7-19/h3-9,16-17H,10-12,14-15H2,1-2H3,(H2,28,33)(H,29,30). The van der Waals surface area contributed by atoms with Gasteiger partial charge < -0.3 is 25.4 Å². The molecule has 3 N–H and O–H groups in total. The highest BCUT2D eigenvalue weighted by atomic mass is 16.5. The Balaban J connectivity index is 1.57. The maximum Gasteiger partial charge on any atom is 0.254 e. The minimum absolute atomic E-state index is 0.133. The minimum Gasteiger partial charge on any atom is -0.493 e. The average molecular weight is 489 g/mol. The van der Waals surface area contributed by atoms with E-state index < -0.39 is 11.4 Å². The number of rotatable bonds is 8. The van der Waals surface area contributed by atoms with Gasteiger partial charge in [-0.2, -0.15) is 10.4 Å². The lowest BCUT2D eigenvalue weighted by Gasteiger charge is -2.40. The zero-order valence-electron chi connectivity index (χ0n) is 20.2. The van der Waals surface area contributed by atoms with Crippen molar-refractivity contribution in [2.45, 2.75) is 24.8 Å². The third-order valence-electron chi connectivity index (χ3n) is 6.52. The van der Waals surface area contributed by atoms with Gasteiger partial charge in [0.15, 0.2) is 17.3 Å². The molecule has 1 aliphatic heterocycles. The highest BCUT2D eigenvalue weighted by molar-refractivity contribution is 5.98. The summed E-state index contributed by atoms with van der Waals surface area (Å²) >= 11 is 0. The molecule has 1 saturated heterocycles. The number of hydrogen-bond donors (Lipinski definition) is 2. The number of benzene rings is 2. The summed E-state index contributed by atoms with van der Waals surface area (Å²) in [5, 5.41) is 17.4. The first kappa shape index (κ1) is 24.6. The van der Waals surface area contributed by atoms with Crippen LogP contribution in [0.4, 0.5) is 11.5 Å². The van der Waals surface area contributed by atoms with Crippen molar-refractivity contribution < 1.29 is 19.1 Å². The number of anilines is 2. The van der Waals surface area contributed by atoms with Crippen LogP contribution >= 0.6 is 0 Å². The van der Waals surface area contributed by atoms with Gasteiger partial charge in [0.05, 0.1) is 32.2 Å². The number of likely N-dealkylation sites (tertiary alicyclic amines) is 1. The predicted molar refractivity (Wildman–Crippen MR) is 133 cm³/mol. The second-order valence-corrected chi connectivity index (χ2v) is 8.61. The number of ether oxygens (including phenoxy) is 2. The lowest BCUT2D eigenvalue weighted by Crippen LogP contribution is -2.48. The molecule has 1 fully saturated rings. The fourth-order valence-electron chi connectivity index (χ4n) is 4.46. The second-order valence-electron chi connectivity index (χ2n) is 8.61. The van der Waals surface area contributed by atoms with Gasteiger partial charge in [-0.05, 0) is 43.2 Å². The van der Waals surface area contributed by atoms with Crippen molar-refractivity contribution in [1.82, 2.24) is 14.7 Å². The maximum atomic E-state index is 13.2. The molecule has 0 spiro atoms. The van der Waals surface area contributed by atoms with Crippen LogP contribution in [0.15, 0.2) is 54.7 Å². The van der Waals surface area contributed by atoms with E-state index in [9.17, 15) is 14.9 Å². The van der Waals surface area contributed by atoms with E-state index in [4.69, 9.17) is 15.2 Å². The van der Waals surface area contributed by atoms with Crippen molar-refractivity contribution in [1.29, 1.82) is 5.26 Å². The summed E-state index contributed by atoms with van der Waals surface area (Å²) in [5.74, 6) is 0.603. The molecule has 0 radical (unpaired) electrons. The minimum atomic E-state index is -0.677. The molecular formula is C26H28N6O4. The topological polar surface area (TPSA) is 136 Å². The third-order valence-corrected chi connectivity index (χ3v) is 6.52. The molecule has 186 valence electrons. The van der Waals surface area contributed by atoms with Crippen molar-refractivity contribution in [2.75, 3.05) is 32.6 Å². The molecule has 0 bridgehead atoms. The maximum absolute atomic E-state index is 13.2. The Morgan fingerprint density at radius 2 is 1.81 bits per heavy atom. The van der Waals surface area contributed by atoms with Crippen molar-refractivity contribution in [3.05, 3.63) is 65.9 Å². The van der Waals surface area contributed by atoms with E-state index in [1.165, 1.54) is 7.11 Å². The molecule has 10 nitrogen and oxygen atoms in total. The normalized spacial score (nSPS) is 14.5. The molecule has 1 aromatic heterocycles. The lowest BCUT2D eigenvalue weighted by molar-refractivity contribution is 0.0579. The molecule has 4 rings (SSSR count). The number of nitrogens with two attached hydrogens (primary N) is 1. The zero-order chi connectivity index (χ0) is 25.7. The Kier molecular flexibility index (Phi) is 7.10. The molecule has 36 heavy (non-hydrogen) atoms. The summed E-state index contributed by atoms with van der Waals surface area (Å²) in [7, 11) is 3.06. The Bertz CT molecular complexity index is 1290. The first-order valence-corrected chi connectivity index (χ1v) is 11.5. The molecule has 2 amide bonds. The summed E-state index contributed by atoms with van der Waals surface area (Å²) in [6, 6.07) is 16.6. The number of hydrogen-bond acceptors (Lipinski definition) is 7. The SMILES string of the molecule is COc1ccc(C(=O)N2CCC(CC#N)(n3cc(C(N)=O)c(Nc4ccccc4)n3)CC2)cc1OC. The summed E-state index contributed by atoms with van der Waals surface area (Å²) in [5.41, 5.74) is 6.44. The second kappa shape index (κ2) is 10.4. The Morgan fingerprint density at radius 3 is 2.42 bits per heavy atom. The predicted octanol–water partition coefficient (Wildman–Crippen LogP) is 3.29. The number of nitrogens with zero attached hydrogens (tertiary/aromatic N) is 4. The van der Waals surface area contributed by atoms with Gasteiger partial charge in [-0.3, -0.25) is 14.3 Å². The van der Waals surface area contributed by atoms with Crippen LogP contribution in [0.25, 0.3) is 0 Å². The van der Waals surface area contributed by atoms with Crippen LogP contribution < -0.4 is 20.5 Å². The summed E-state index contributed by atoms with van der Waals surface area (Å²) < 4.78 is 12.2. The first-order chi connectivity index (χ1) is 17.4. The first-order valence-electron chi connectivity index (χ1n) is 11.5. The van der Waals surface area contributed by atoms with Gasteiger partial charge in [-0.15, -0.1) is 0 Å². The van der Waals surface area contributed by atoms with E-state index >= 15 is 0 Å². The number of nitriles is 1. The Morgan fingerprint density at radius 1 is 1.11 bits per heavy atom. The van der Waals surface area contributed by atoms with Crippen molar-refractivity contribution in [3.8, 4) is 17.6 Å². The van der Waals surface area contributed by atoms with Crippen molar-refractivity contribution in [3.63, 3.8) is 0 Å². The van der Waals surface area contributed by atoms with E-state index in [2.05, 4.69) is 16.5 Å². The number of amides is 2. The number of nitrogens with one attached hydrogen (secondary N) is 1. The zero-order valence-corrected chi connectivity index (χ0v) is 20.2. The number of methoxy groups -OCH3 is 2. The molecule has 2 aromatic carbocycles. The van der Waals surface area contributed by atoms with Crippen LogP contribution in [-0.2, 0) is 5.54 Å². The van der Waals surface area contributed by atoms with Gasteiger partial charge in [0.1, 0.15) is 5.56 Å². The average Bonchev–Trinajstić information content (AvgIpc) is 3.34. The molecular weight excluding hydrogens is 460 g/mol. The van der Waals surface area contributed by atoms with E-state index in [0.717, 1.165) is 5.69 Å². The number of piperidine rings is 1. The fourth-order valence-corrected chi connectivity index (χ4v) is 4.46. The summed E-state index contributed by atoms with van der Waals surface area (Å²) in [4.78, 5) is 27.1. The highest BCUT2D eigenvalue weighted by Gasteiger charge is 2.39. The number of aromatic nitrogens is 2. The van der Waals surface area contributed by atoms with Crippen LogP contribution in [0.1, 0.15) is 40.0 Å². The molecule has 0 unspecified atom stereocenters. The number of carbonyl (C=O) groups excluding carboxylic acids is 2. The highest BCUT2D eigenvalue weighted by Crippen LogP contribution is 2.36. The fraction of sp³-hybridized carbons (Fsp3) is 0.308. The van der Waals surface area contributed by atoms with Crippen LogP contribution in [0.5, 0.6) is 11.5 Å². The largest absolute Gasteiger partial charge is 0.493 e. The lowest BCUT2D eigenvalue weighted by atomic mass is 9.84. The molecule has 1 aliphatic rings. The van der Waals surface area contributed by atoms with Crippen LogP contribution in [0.2, 0.25) is 0 Å². The molecule has 2 heterocycles. The quantitative estimate of drug-likeness (QED) is 0.497. The van der Waals surface area contributed by atoms with Gasteiger partial charge in [-0.1, -0.05) is 18.2 Å². The van der Waals surface area contributed by atoms with E-state index in [1.54, 1.807) is 41.1 Å². The Hall–Kier alpha value is -4.52. The Labute approximate surface area is 209 Å². The van der Waals surface area contributed by atoms with Crippen molar-refractivity contribution >= 4 is 23.3 Å². The van der Waals surface area contributed by atoms with Gasteiger partial charge in [0.25, 0.3) is 11.8 Å². The van der Waals surface area contributed by atoms with E-state index in [1.807, 2.05) is 30.3 Å². The van der Waals surface area contributed by atoms with E-state index in [-0.39, 0.29) is 17.9 Å². The number of primary amides is 1. The van der Waals surface area contributed by atoms with Crippen LogP contribution in [0.3, 0.4) is 0 Å². The smallest absolute Gasteiger partial charge is 0.254 e. The van der Waals surface area contributed by atoms with Gasteiger partial charge >= 0.3 is 0 Å². The number of para-hydroxylation sites is 1. The van der Waals surface area contributed by atoms with Gasteiger partial charge in [-0.25, -0.2) is 0 Å². The molecule has 3 aromatic rings. The number of carbonyl (C=O) groups is 2. The van der Waals surface area contributed by atoms with Crippen molar-refractivity contribution in [2.24, 2.45) is 5.73 Å². The van der Waals surface area contributed by atoms with Gasteiger partial charge in [0.2, 0.25) is 0 Å². The molecule has 0 saturated carbocycles. The van der Waals surface area contributed by atoms with Crippen LogP contribution in [0, 0.1) is 11.3 Å². The van der Waals surface area contributed by atoms with Crippen LogP contribution in [-0.4, -0.2) is 53.8 Å². The monoisotopic (exact) mass is 488 g/mol. The summed E-state index contributed by atoms with van der Waals surface area (Å²) in [6.07, 6.45) is 2.75. The molecule has 0 atom stereocenters. The molecule has 10 heteroatoms. The van der Waals surface area contributed by atoms with E-state index in [0.29, 0.717) is 48.8 Å². The van der Waals surface area contributed by atoms with Gasteiger partial charge in [0, 0.05) is 30.5 Å². The summed E-state index contributed by atoms with van der Waals surface area (Å²) in [6.45, 7) is 0.837. The molecule has 0 aliphatic carbocycles.